The molecular weight excluding hydrogens is 289 g/mol. The van der Waals surface area contributed by atoms with Crippen LogP contribution >= 0.6 is 23.4 Å². The lowest BCUT2D eigenvalue weighted by Gasteiger charge is -2.05. The van der Waals surface area contributed by atoms with Crippen LogP contribution in [0.15, 0.2) is 34.3 Å². The minimum atomic E-state index is -0.312. The first-order chi connectivity index (χ1) is 9.17. The van der Waals surface area contributed by atoms with Crippen molar-refractivity contribution in [2.24, 2.45) is 0 Å². The maximum atomic E-state index is 13.1. The summed E-state index contributed by atoms with van der Waals surface area (Å²) in [5.41, 5.74) is 0. The standard InChI is InChI=1S/C12H11ClFN3OS/c1-2-6-18-11-15-10(13)16-12(17-11)19-9-5-3-4-8(14)7-9/h3-5,7H,2,6H2,1H3. The Morgan fingerprint density at radius 3 is 2.89 bits per heavy atom. The predicted octanol–water partition coefficient (Wildman–Crippen LogP) is 3.60. The number of benzene rings is 1. The molecule has 4 nitrogen and oxygen atoms in total. The van der Waals surface area contributed by atoms with E-state index < -0.39 is 0 Å². The maximum Gasteiger partial charge on any atom is 0.321 e. The van der Waals surface area contributed by atoms with Crippen LogP contribution in [0.5, 0.6) is 6.01 Å². The highest BCUT2D eigenvalue weighted by atomic mass is 35.5. The largest absolute Gasteiger partial charge is 0.463 e. The molecule has 100 valence electrons. The van der Waals surface area contributed by atoms with E-state index in [2.05, 4.69) is 15.0 Å². The monoisotopic (exact) mass is 299 g/mol. The van der Waals surface area contributed by atoms with Crippen molar-refractivity contribution >= 4 is 23.4 Å². The van der Waals surface area contributed by atoms with Crippen LogP contribution in [0.4, 0.5) is 4.39 Å². The Bertz CT molecular complexity index is 570. The number of hydrogen-bond donors (Lipinski definition) is 0. The summed E-state index contributed by atoms with van der Waals surface area (Å²) in [5.74, 6) is -0.312. The van der Waals surface area contributed by atoms with Gasteiger partial charge in [-0.15, -0.1) is 0 Å². The van der Waals surface area contributed by atoms with Crippen LogP contribution in [0.3, 0.4) is 0 Å². The van der Waals surface area contributed by atoms with Crippen LogP contribution in [0.2, 0.25) is 5.28 Å². The molecule has 0 saturated carbocycles. The number of hydrogen-bond acceptors (Lipinski definition) is 5. The summed E-state index contributed by atoms with van der Waals surface area (Å²) in [6.45, 7) is 2.48. The van der Waals surface area contributed by atoms with Crippen molar-refractivity contribution in [3.63, 3.8) is 0 Å². The third-order valence-corrected chi connectivity index (χ3v) is 3.03. The number of rotatable bonds is 5. The summed E-state index contributed by atoms with van der Waals surface area (Å²) >= 11 is 6.99. The predicted molar refractivity (Wildman–Crippen MR) is 71.1 cm³/mol. The quantitative estimate of drug-likeness (QED) is 0.844. The fourth-order valence-corrected chi connectivity index (χ4v) is 2.24. The van der Waals surface area contributed by atoms with Crippen molar-refractivity contribution in [2.45, 2.75) is 23.4 Å². The van der Waals surface area contributed by atoms with Gasteiger partial charge in [-0.25, -0.2) is 4.39 Å². The molecule has 1 aromatic carbocycles. The summed E-state index contributed by atoms with van der Waals surface area (Å²) in [7, 11) is 0. The van der Waals surface area contributed by atoms with Crippen molar-refractivity contribution in [3.8, 4) is 6.01 Å². The van der Waals surface area contributed by atoms with Crippen LogP contribution in [-0.4, -0.2) is 21.6 Å². The zero-order chi connectivity index (χ0) is 13.7. The summed E-state index contributed by atoms with van der Waals surface area (Å²) in [4.78, 5) is 12.6. The fourth-order valence-electron chi connectivity index (χ4n) is 1.25. The van der Waals surface area contributed by atoms with Gasteiger partial charge in [-0.2, -0.15) is 15.0 Å². The molecule has 0 unspecified atom stereocenters. The van der Waals surface area contributed by atoms with Gasteiger partial charge in [0, 0.05) is 4.90 Å². The molecule has 0 fully saturated rings. The molecule has 0 aliphatic heterocycles. The summed E-state index contributed by atoms with van der Waals surface area (Å²) in [6.07, 6.45) is 0.843. The Kier molecular flexibility index (Phi) is 4.93. The number of aromatic nitrogens is 3. The van der Waals surface area contributed by atoms with Gasteiger partial charge in [-0.1, -0.05) is 13.0 Å². The Hall–Kier alpha value is -1.40. The van der Waals surface area contributed by atoms with Crippen molar-refractivity contribution in [1.82, 2.24) is 15.0 Å². The van der Waals surface area contributed by atoms with Crippen molar-refractivity contribution < 1.29 is 9.13 Å². The first kappa shape index (κ1) is 14.0. The second-order valence-electron chi connectivity index (χ2n) is 3.58. The second-order valence-corrected chi connectivity index (χ2v) is 4.96. The van der Waals surface area contributed by atoms with Crippen LogP contribution in [0, 0.1) is 5.82 Å². The summed E-state index contributed by atoms with van der Waals surface area (Å²) in [5, 5.41) is 0.428. The van der Waals surface area contributed by atoms with Crippen molar-refractivity contribution in [3.05, 3.63) is 35.4 Å². The zero-order valence-corrected chi connectivity index (χ0v) is 11.7. The third kappa shape index (κ3) is 4.33. The van der Waals surface area contributed by atoms with Gasteiger partial charge in [0.25, 0.3) is 0 Å². The van der Waals surface area contributed by atoms with Crippen LogP contribution in [0.1, 0.15) is 13.3 Å². The zero-order valence-electron chi connectivity index (χ0n) is 10.1. The Morgan fingerprint density at radius 1 is 1.32 bits per heavy atom. The molecule has 0 radical (unpaired) electrons. The SMILES string of the molecule is CCCOc1nc(Cl)nc(Sc2cccc(F)c2)n1. The van der Waals surface area contributed by atoms with Gasteiger partial charge in [-0.05, 0) is 48.0 Å². The molecule has 0 N–H and O–H groups in total. The first-order valence-corrected chi connectivity index (χ1v) is 6.84. The molecule has 2 aromatic rings. The molecule has 0 atom stereocenters. The highest BCUT2D eigenvalue weighted by Gasteiger charge is 2.08. The van der Waals surface area contributed by atoms with Crippen molar-refractivity contribution in [2.75, 3.05) is 6.61 Å². The van der Waals surface area contributed by atoms with Gasteiger partial charge >= 0.3 is 6.01 Å². The highest BCUT2D eigenvalue weighted by Crippen LogP contribution is 2.26. The van der Waals surface area contributed by atoms with Crippen LogP contribution < -0.4 is 4.74 Å². The summed E-state index contributed by atoms with van der Waals surface area (Å²) in [6, 6.07) is 6.34. The summed E-state index contributed by atoms with van der Waals surface area (Å²) < 4.78 is 18.4. The van der Waals surface area contributed by atoms with E-state index in [1.165, 1.54) is 23.9 Å². The number of ether oxygens (including phenoxy) is 1. The average molecular weight is 300 g/mol. The van der Waals surface area contributed by atoms with E-state index in [9.17, 15) is 4.39 Å². The van der Waals surface area contributed by atoms with Gasteiger partial charge in [0.1, 0.15) is 5.82 Å². The van der Waals surface area contributed by atoms with Gasteiger partial charge in [0.05, 0.1) is 6.61 Å². The van der Waals surface area contributed by atoms with Crippen LogP contribution in [0.25, 0.3) is 0 Å². The van der Waals surface area contributed by atoms with Gasteiger partial charge in [-0.3, -0.25) is 0 Å². The molecule has 0 aliphatic rings. The lowest BCUT2D eigenvalue weighted by Crippen LogP contribution is -2.02. The Labute approximate surface area is 119 Å². The molecule has 0 bridgehead atoms. The molecule has 1 heterocycles. The van der Waals surface area contributed by atoms with Crippen LogP contribution in [-0.2, 0) is 0 Å². The molecule has 0 spiro atoms. The molecule has 2 rings (SSSR count). The molecule has 0 amide bonds. The minimum absolute atomic E-state index is 0.0556. The Balaban J connectivity index is 2.17. The van der Waals surface area contributed by atoms with E-state index in [4.69, 9.17) is 16.3 Å². The lowest BCUT2D eigenvalue weighted by atomic mass is 10.4. The molecule has 7 heteroatoms. The highest BCUT2D eigenvalue weighted by molar-refractivity contribution is 7.99. The molecule has 0 aliphatic carbocycles. The maximum absolute atomic E-state index is 13.1. The Morgan fingerprint density at radius 2 is 2.16 bits per heavy atom. The van der Waals surface area contributed by atoms with E-state index in [1.54, 1.807) is 12.1 Å². The third-order valence-electron chi connectivity index (χ3n) is 2.01. The van der Waals surface area contributed by atoms with E-state index in [-0.39, 0.29) is 17.1 Å². The number of nitrogens with zero attached hydrogens (tertiary/aromatic N) is 3. The molecular formula is C12H11ClFN3OS. The van der Waals surface area contributed by atoms with Gasteiger partial charge < -0.3 is 4.74 Å². The minimum Gasteiger partial charge on any atom is -0.463 e. The lowest BCUT2D eigenvalue weighted by molar-refractivity contribution is 0.288. The second kappa shape index (κ2) is 6.68. The van der Waals surface area contributed by atoms with E-state index >= 15 is 0 Å². The van der Waals surface area contributed by atoms with Gasteiger partial charge in [0.2, 0.25) is 5.28 Å². The molecule has 1 aromatic heterocycles. The topological polar surface area (TPSA) is 47.9 Å². The smallest absolute Gasteiger partial charge is 0.321 e. The van der Waals surface area contributed by atoms with E-state index in [0.29, 0.717) is 16.7 Å². The fraction of sp³-hybridized carbons (Fsp3) is 0.250. The molecule has 19 heavy (non-hydrogen) atoms. The van der Waals surface area contributed by atoms with E-state index in [0.717, 1.165) is 6.42 Å². The van der Waals surface area contributed by atoms with Gasteiger partial charge in [0.15, 0.2) is 5.16 Å². The average Bonchev–Trinajstić information content (AvgIpc) is 2.35. The molecule has 0 saturated heterocycles. The van der Waals surface area contributed by atoms with E-state index in [1.807, 2.05) is 6.92 Å². The first-order valence-electron chi connectivity index (χ1n) is 5.65. The number of halogens is 2. The van der Waals surface area contributed by atoms with Crippen molar-refractivity contribution in [1.29, 1.82) is 0 Å². The normalized spacial score (nSPS) is 10.5.